The fourth-order valence-electron chi connectivity index (χ4n) is 8.80. The van der Waals surface area contributed by atoms with E-state index in [1.54, 1.807) is 58.4 Å². The molecular weight excluding hydrogens is 1120 g/mol. The summed E-state index contributed by atoms with van der Waals surface area (Å²) in [6.07, 6.45) is 12.9. The number of imidazole rings is 3. The van der Waals surface area contributed by atoms with Gasteiger partial charge in [0.2, 0.25) is 29.4 Å². The predicted octanol–water partition coefficient (Wildman–Crippen LogP) is 0.283. The number of anilines is 6. The molecule has 32 heteroatoms. The molecule has 0 fully saturated rings. The molecule has 7 aromatic heterocycles. The Labute approximate surface area is 492 Å². The zero-order chi connectivity index (χ0) is 62.5. The minimum absolute atomic E-state index is 0.00113. The van der Waals surface area contributed by atoms with E-state index in [1.165, 1.54) is 96.7 Å². The minimum atomic E-state index is -1.17. The molecule has 7 aromatic rings. The van der Waals surface area contributed by atoms with Crippen LogP contribution in [0.1, 0.15) is 99.5 Å². The first-order chi connectivity index (χ1) is 40.9. The van der Waals surface area contributed by atoms with Crippen molar-refractivity contribution < 1.29 is 47.9 Å². The summed E-state index contributed by atoms with van der Waals surface area (Å²) in [7, 11) is 15.1. The summed E-state index contributed by atoms with van der Waals surface area (Å²) in [5.74, 6) is -5.34. The molecule has 86 heavy (non-hydrogen) atoms. The number of rotatable bonds is 27. The van der Waals surface area contributed by atoms with Gasteiger partial charge >= 0.3 is 0 Å². The van der Waals surface area contributed by atoms with Crippen LogP contribution in [0.4, 0.5) is 34.4 Å². The van der Waals surface area contributed by atoms with Crippen LogP contribution in [0, 0.1) is 0 Å². The molecule has 0 aliphatic rings. The quantitative estimate of drug-likeness (QED) is 0.0308. The zero-order valence-electron chi connectivity index (χ0n) is 48.9. The van der Waals surface area contributed by atoms with E-state index in [9.17, 15) is 47.9 Å². The molecule has 0 aromatic carbocycles. The average molecular weight is 1190 g/mol. The third-order valence-corrected chi connectivity index (χ3v) is 13.1. The highest BCUT2D eigenvalue weighted by Crippen LogP contribution is 2.22. The Kier molecular flexibility index (Phi) is 20.6. The van der Waals surface area contributed by atoms with E-state index >= 15 is 0 Å². The molecule has 32 nitrogen and oxygen atoms in total. The third-order valence-electron chi connectivity index (χ3n) is 13.1. The summed E-state index contributed by atoms with van der Waals surface area (Å²) in [4.78, 5) is 145. The van der Waals surface area contributed by atoms with E-state index < -0.39 is 59.2 Å². The largest absolute Gasteiger partial charge is 0.356 e. The highest BCUT2D eigenvalue weighted by Gasteiger charge is 2.27. The van der Waals surface area contributed by atoms with Crippen molar-refractivity contribution in [3.8, 4) is 0 Å². The molecule has 1 atom stereocenters. The van der Waals surface area contributed by atoms with Crippen LogP contribution in [-0.2, 0) is 63.7 Å². The van der Waals surface area contributed by atoms with Gasteiger partial charge in [0.1, 0.15) is 28.8 Å². The van der Waals surface area contributed by atoms with Gasteiger partial charge in [-0.05, 0) is 64.3 Å². The summed E-state index contributed by atoms with van der Waals surface area (Å²) in [5, 5.41) is 27.0. The second kappa shape index (κ2) is 28.1. The van der Waals surface area contributed by atoms with Crippen LogP contribution in [0.3, 0.4) is 0 Å². The molecule has 0 radical (unpaired) electrons. The molecule has 456 valence electrons. The molecule has 0 saturated heterocycles. The van der Waals surface area contributed by atoms with Crippen molar-refractivity contribution in [3.05, 3.63) is 114 Å². The van der Waals surface area contributed by atoms with E-state index in [2.05, 4.69) is 68.1 Å². The molecule has 7 heterocycles. The van der Waals surface area contributed by atoms with E-state index in [1.807, 2.05) is 19.0 Å². The maximum absolute atomic E-state index is 13.6. The number of aromatic nitrogens is 10. The van der Waals surface area contributed by atoms with E-state index in [-0.39, 0.29) is 108 Å². The first-order valence-corrected chi connectivity index (χ1v) is 26.9. The van der Waals surface area contributed by atoms with Gasteiger partial charge < -0.3 is 95.8 Å². The number of hydrogen-bond donors (Lipinski definition) is 11. The van der Waals surface area contributed by atoms with Gasteiger partial charge in [-0.25, -0.2) is 15.0 Å². The lowest BCUT2D eigenvalue weighted by molar-refractivity contribution is -0.121. The van der Waals surface area contributed by atoms with Gasteiger partial charge in [0, 0.05) is 131 Å². The van der Waals surface area contributed by atoms with Gasteiger partial charge in [0.05, 0.1) is 22.7 Å². The molecule has 7 rings (SSSR count). The predicted molar refractivity (Wildman–Crippen MR) is 315 cm³/mol. The van der Waals surface area contributed by atoms with Crippen LogP contribution in [0.25, 0.3) is 0 Å². The lowest BCUT2D eigenvalue weighted by Gasteiger charge is -2.17. The van der Waals surface area contributed by atoms with Crippen LogP contribution >= 0.6 is 0 Å². The summed E-state index contributed by atoms with van der Waals surface area (Å²) in [6, 6.07) is 4.69. The van der Waals surface area contributed by atoms with Gasteiger partial charge in [0.15, 0.2) is 17.5 Å². The number of nitrogens with two attached hydrogens (primary N) is 1. The minimum Gasteiger partial charge on any atom is -0.356 e. The molecule has 0 aliphatic carbocycles. The Morgan fingerprint density at radius 3 is 1.41 bits per heavy atom. The van der Waals surface area contributed by atoms with Crippen molar-refractivity contribution in [2.75, 3.05) is 78.7 Å². The highest BCUT2D eigenvalue weighted by molar-refractivity contribution is 6.09. The van der Waals surface area contributed by atoms with Crippen molar-refractivity contribution in [1.82, 2.24) is 73.1 Å². The van der Waals surface area contributed by atoms with Crippen LogP contribution in [0.5, 0.6) is 0 Å². The first-order valence-electron chi connectivity index (χ1n) is 26.9. The number of nitrogens with one attached hydrogen (secondary N) is 10. The zero-order valence-corrected chi connectivity index (χ0v) is 48.9. The Morgan fingerprint density at radius 1 is 0.477 bits per heavy atom. The second-order valence-corrected chi connectivity index (χ2v) is 20.4. The Hall–Kier alpha value is -10.6. The normalized spacial score (nSPS) is 11.4. The van der Waals surface area contributed by atoms with E-state index in [0.29, 0.717) is 17.9 Å². The Morgan fingerprint density at radius 2 is 0.930 bits per heavy atom. The molecule has 12 N–H and O–H groups in total. The van der Waals surface area contributed by atoms with Crippen LogP contribution in [0.2, 0.25) is 0 Å². The molecule has 0 spiro atoms. The molecule has 0 unspecified atom stereocenters. The van der Waals surface area contributed by atoms with Gasteiger partial charge in [-0.3, -0.25) is 47.9 Å². The lowest BCUT2D eigenvalue weighted by Crippen LogP contribution is -2.45. The van der Waals surface area contributed by atoms with Crippen LogP contribution < -0.4 is 58.9 Å². The van der Waals surface area contributed by atoms with Crippen LogP contribution in [0.15, 0.2) is 73.8 Å². The van der Waals surface area contributed by atoms with E-state index in [4.69, 9.17) is 5.73 Å². The Balaban J connectivity index is 0.874. The summed E-state index contributed by atoms with van der Waals surface area (Å²) in [5.41, 5.74) is 7.69. The first kappa shape index (κ1) is 63.0. The third kappa shape index (κ3) is 16.3. The van der Waals surface area contributed by atoms with Crippen molar-refractivity contribution >= 4 is 93.5 Å². The molecular formula is C54H70N22O10. The van der Waals surface area contributed by atoms with Gasteiger partial charge in [-0.2, -0.15) is 0 Å². The topological polar surface area (TPSA) is 393 Å². The van der Waals surface area contributed by atoms with Crippen molar-refractivity contribution in [2.45, 2.75) is 31.7 Å². The fourth-order valence-corrected chi connectivity index (χ4v) is 8.80. The fraction of sp³-hybridized carbons (Fsp3) is 0.352. The van der Waals surface area contributed by atoms with Crippen molar-refractivity contribution in [2.24, 2.45) is 55.1 Å². The number of nitrogens with zero attached hydrogens (tertiary/aromatic N) is 11. The molecule has 0 aliphatic heterocycles. The summed E-state index contributed by atoms with van der Waals surface area (Å²) in [6.45, 7) is 1.53. The highest BCUT2D eigenvalue weighted by atomic mass is 16.2. The smallest absolute Gasteiger partial charge is 0.292 e. The molecule has 0 saturated carbocycles. The SMILES string of the molecule is CN(C)CCCNC(=O)CCNC(=O)c1cc(NC(=O)c2cc(NC(=O)c3cc(NC(=O)c4cc(NC(=O)[C@@H](CCN)NC(=O)c5nc(NC(=O)c6nc(NC(=O)CCNC(=O)c7nccn7C)cn6C)cn5C)cn4C)cn3C)cn2C)cn1C. The monoisotopic (exact) mass is 1190 g/mol. The van der Waals surface area contributed by atoms with Gasteiger partial charge in [-0.1, -0.05) is 0 Å². The standard InChI is InChI=1S/C54H70N22O10/c1-69(2)19-10-15-56-42(77)12-16-58-48(80)36-21-32(26-71(36)4)61-50(82)38-23-34(28-73(38)6)63-51(83)39-24-33(27-74(39)7)62-49(81)37-22-31(25-72(37)5)60-47(79)35(11-14-55)64-53(85)45-67-41(30-76(45)9)68-54(86)46-66-40(29-75(46)8)65-43(78)13-17-59-52(84)44-57-18-20-70(44)3/h18,20-30,35H,10-17,19,55H2,1-9H3,(H,56,77)(H,58,80)(H,59,84)(H,60,79)(H,61,82)(H,62,81)(H,63,83)(H,64,85)(H,65,78)(H,68,86)/t35-/m1/s1. The Bertz CT molecular complexity index is 3700. The summed E-state index contributed by atoms with van der Waals surface area (Å²) >= 11 is 0. The van der Waals surface area contributed by atoms with Crippen LogP contribution in [-0.4, -0.2) is 164 Å². The van der Waals surface area contributed by atoms with Crippen molar-refractivity contribution in [1.29, 1.82) is 0 Å². The van der Waals surface area contributed by atoms with Gasteiger partial charge in [0.25, 0.3) is 41.4 Å². The number of hydrogen-bond acceptors (Lipinski definition) is 15. The van der Waals surface area contributed by atoms with E-state index in [0.717, 1.165) is 13.0 Å². The maximum Gasteiger partial charge on any atom is 0.292 e. The number of carbonyl (C=O) groups excluding carboxylic acids is 10. The maximum atomic E-state index is 13.6. The van der Waals surface area contributed by atoms with Gasteiger partial charge in [-0.15, -0.1) is 0 Å². The average Bonchev–Trinajstić information content (AvgIpc) is 3.43. The number of amides is 10. The number of carbonyl (C=O) groups is 10. The summed E-state index contributed by atoms with van der Waals surface area (Å²) < 4.78 is 10.3. The molecule has 0 bridgehead atoms. The van der Waals surface area contributed by atoms with Crippen molar-refractivity contribution in [3.63, 3.8) is 0 Å². The lowest BCUT2D eigenvalue weighted by atomic mass is 10.2. The second-order valence-electron chi connectivity index (χ2n) is 20.4. The molecule has 10 amide bonds. The number of aryl methyl sites for hydroxylation is 7.